The van der Waals surface area contributed by atoms with Crippen LogP contribution in [0.3, 0.4) is 0 Å². The number of carbonyl (C=O) groups is 2. The monoisotopic (exact) mass is 895 g/mol. The molecule has 6 aliphatic rings. The lowest BCUT2D eigenvalue weighted by Gasteiger charge is -2.46. The highest BCUT2D eigenvalue weighted by molar-refractivity contribution is 6.30. The number of ketones is 2. The van der Waals surface area contributed by atoms with Crippen molar-refractivity contribution in [3.05, 3.63) is 129 Å². The molecule has 0 aromatic heterocycles. The third-order valence-electron chi connectivity index (χ3n) is 16.6. The van der Waals surface area contributed by atoms with Gasteiger partial charge in [-0.25, -0.2) is 0 Å². The number of benzene rings is 4. The van der Waals surface area contributed by atoms with Crippen LogP contribution in [0.1, 0.15) is 154 Å². The zero-order valence-corrected chi connectivity index (χ0v) is 40.2. The Morgan fingerprint density at radius 3 is 1.62 bits per heavy atom. The smallest absolute Gasteiger partial charge is 0.155 e. The Kier molecular flexibility index (Phi) is 15.5. The highest BCUT2D eigenvalue weighted by atomic mass is 35.5. The van der Waals surface area contributed by atoms with Crippen molar-refractivity contribution in [3.63, 3.8) is 0 Å². The average Bonchev–Trinajstić information content (AvgIpc) is 3.35. The van der Waals surface area contributed by atoms with Crippen LogP contribution in [0, 0.1) is 25.7 Å². The lowest BCUT2D eigenvalue weighted by molar-refractivity contribution is -0.132. The molecule has 7 heteroatoms. The summed E-state index contributed by atoms with van der Waals surface area (Å²) in [6, 6.07) is 32.9. The number of piperidine rings is 2. The maximum atomic E-state index is 14.1. The summed E-state index contributed by atoms with van der Waals surface area (Å²) >= 11 is 6.19. The predicted molar refractivity (Wildman–Crippen MR) is 269 cm³/mol. The van der Waals surface area contributed by atoms with Gasteiger partial charge in [0.15, 0.2) is 11.6 Å². The van der Waals surface area contributed by atoms with Crippen molar-refractivity contribution < 1.29 is 9.59 Å². The van der Waals surface area contributed by atoms with Crippen molar-refractivity contribution in [2.75, 3.05) is 30.3 Å². The highest BCUT2D eigenvalue weighted by Gasteiger charge is 2.43. The number of Topliss-reactive ketones (excluding diaryl/α,β-unsaturated/α-hetero) is 2. The molecule has 5 unspecified atom stereocenters. The van der Waals surface area contributed by atoms with Crippen LogP contribution in [0.25, 0.3) is 0 Å². The van der Waals surface area contributed by atoms with E-state index in [1.54, 1.807) is 5.56 Å². The Labute approximate surface area is 395 Å². The summed E-state index contributed by atoms with van der Waals surface area (Å²) in [5, 5.41) is 8.40. The molecule has 2 N–H and O–H groups in total. The van der Waals surface area contributed by atoms with Gasteiger partial charge in [-0.15, -0.1) is 0 Å². The SMILES string of the molecule is Cc1cccc(C)c1C1CCN(C(C(=O)C2CCCCC2)C2CCc3ccccc3N2)CC1.O=C(C1CCCCC1)C(C1CCc2ccccc2N1)N1CCCCC1c1ccc(Cl)cc1. The molecule has 5 atom stereocenters. The van der Waals surface area contributed by atoms with E-state index in [2.05, 4.69) is 113 Å². The first-order valence-corrected chi connectivity index (χ1v) is 26.3. The fraction of sp³-hybridized carbons (Fsp3) is 0.552. The summed E-state index contributed by atoms with van der Waals surface area (Å²) in [6.45, 7) is 7.57. The van der Waals surface area contributed by atoms with Crippen LogP contribution in [0.15, 0.2) is 91.0 Å². The van der Waals surface area contributed by atoms with Crippen molar-refractivity contribution in [2.24, 2.45) is 11.8 Å². The second-order valence-electron chi connectivity index (χ2n) is 20.7. The summed E-state index contributed by atoms with van der Waals surface area (Å²) in [4.78, 5) is 33.3. The average molecular weight is 896 g/mol. The van der Waals surface area contributed by atoms with E-state index in [9.17, 15) is 9.59 Å². The van der Waals surface area contributed by atoms with Crippen LogP contribution >= 0.6 is 11.6 Å². The number of halogens is 1. The fourth-order valence-corrected chi connectivity index (χ4v) is 13.3. The molecule has 0 bridgehead atoms. The van der Waals surface area contributed by atoms with E-state index in [1.807, 2.05) is 12.1 Å². The first-order chi connectivity index (χ1) is 31.8. The Bertz CT molecular complexity index is 2180. The Hall–Kier alpha value is -3.97. The number of hydrogen-bond donors (Lipinski definition) is 2. The molecule has 65 heavy (non-hydrogen) atoms. The third kappa shape index (κ3) is 10.8. The van der Waals surface area contributed by atoms with Gasteiger partial charge in [0.05, 0.1) is 12.1 Å². The van der Waals surface area contributed by atoms with Crippen molar-refractivity contribution in [2.45, 2.75) is 172 Å². The number of likely N-dealkylation sites (tertiary alicyclic amines) is 2. The topological polar surface area (TPSA) is 64.7 Å². The van der Waals surface area contributed by atoms with Crippen LogP contribution in [0.5, 0.6) is 0 Å². The summed E-state index contributed by atoms with van der Waals surface area (Å²) in [6.07, 6.45) is 21.7. The van der Waals surface area contributed by atoms with Crippen LogP contribution in [-0.2, 0) is 22.4 Å². The number of rotatable bonds is 10. The van der Waals surface area contributed by atoms with E-state index < -0.39 is 0 Å². The number of nitrogens with zero attached hydrogens (tertiary/aromatic N) is 2. The fourth-order valence-electron chi connectivity index (χ4n) is 13.1. The van der Waals surface area contributed by atoms with Gasteiger partial charge >= 0.3 is 0 Å². The minimum absolute atomic E-state index is 0.0142. The standard InChI is InChI=1S/C30H40N2O.C28H35ClN2O/c1-21-9-8-10-22(2)28(21)24-17-19-32(20-18-24)29(30(33)25-12-4-3-5-13-25)27-16-15-23-11-6-7-14-26(23)31-27;29-23-16-13-21(14-17-23)26-12-6-7-19-31(26)27(28(32)22-9-2-1-3-10-22)25-18-15-20-8-4-5-11-24(20)30-25/h6-11,14,24-25,27,29,31H,3-5,12-13,15-20H2,1-2H3;4-5,8,11,13-14,16-17,22,25-27,30H,1-3,6-7,9-10,12,15,18-19H2. The van der Waals surface area contributed by atoms with Gasteiger partial charge in [-0.3, -0.25) is 19.4 Å². The number of para-hydroxylation sites is 2. The number of fused-ring (bicyclic) bond motifs is 2. The van der Waals surface area contributed by atoms with E-state index in [-0.39, 0.29) is 42.0 Å². The molecular weight excluding hydrogens is 820 g/mol. The van der Waals surface area contributed by atoms with E-state index in [0.717, 1.165) is 95.3 Å². The molecule has 10 rings (SSSR count). The minimum atomic E-state index is -0.0626. The summed E-state index contributed by atoms with van der Waals surface area (Å²) in [5.74, 6) is 2.12. The lowest BCUT2D eigenvalue weighted by Crippen LogP contribution is -2.56. The lowest BCUT2D eigenvalue weighted by atomic mass is 9.78. The number of hydrogen-bond acceptors (Lipinski definition) is 6. The molecule has 4 aromatic carbocycles. The summed E-state index contributed by atoms with van der Waals surface area (Å²) in [7, 11) is 0. The van der Waals surface area contributed by atoms with Crippen LogP contribution in [0.4, 0.5) is 11.4 Å². The highest BCUT2D eigenvalue weighted by Crippen LogP contribution is 2.40. The molecule has 4 aliphatic heterocycles. The molecule has 6 nitrogen and oxygen atoms in total. The second kappa shape index (κ2) is 21.8. The van der Waals surface area contributed by atoms with Gasteiger partial charge in [0.25, 0.3) is 0 Å². The van der Waals surface area contributed by atoms with Crippen LogP contribution in [0.2, 0.25) is 5.02 Å². The maximum absolute atomic E-state index is 14.1. The number of nitrogens with one attached hydrogen (secondary N) is 2. The predicted octanol–water partition coefficient (Wildman–Crippen LogP) is 13.2. The molecule has 4 heterocycles. The zero-order valence-electron chi connectivity index (χ0n) is 39.4. The molecule has 0 spiro atoms. The third-order valence-corrected chi connectivity index (χ3v) is 16.8. The minimum Gasteiger partial charge on any atom is -0.380 e. The van der Waals surface area contributed by atoms with Crippen molar-refractivity contribution >= 4 is 34.5 Å². The molecule has 0 amide bonds. The number of aryl methyl sites for hydroxylation is 4. The molecule has 2 saturated carbocycles. The molecule has 346 valence electrons. The van der Waals surface area contributed by atoms with Crippen molar-refractivity contribution in [1.29, 1.82) is 0 Å². The number of carbonyl (C=O) groups excluding carboxylic acids is 2. The molecule has 0 radical (unpaired) electrons. The van der Waals surface area contributed by atoms with Gasteiger partial charge in [0.1, 0.15) is 0 Å². The van der Waals surface area contributed by atoms with Gasteiger partial charge in [0.2, 0.25) is 0 Å². The van der Waals surface area contributed by atoms with Gasteiger partial charge in [0, 0.05) is 46.4 Å². The molecule has 4 fully saturated rings. The zero-order chi connectivity index (χ0) is 44.7. The Balaban J connectivity index is 0.000000164. The maximum Gasteiger partial charge on any atom is 0.155 e. The molecule has 4 aromatic rings. The van der Waals surface area contributed by atoms with E-state index in [4.69, 9.17) is 11.6 Å². The van der Waals surface area contributed by atoms with Gasteiger partial charge < -0.3 is 10.6 Å². The Morgan fingerprint density at radius 2 is 1.05 bits per heavy atom. The summed E-state index contributed by atoms with van der Waals surface area (Å²) in [5.41, 5.74) is 10.9. The largest absolute Gasteiger partial charge is 0.380 e. The molecule has 2 saturated heterocycles. The Morgan fingerprint density at radius 1 is 0.538 bits per heavy atom. The number of anilines is 2. The molecule has 2 aliphatic carbocycles. The van der Waals surface area contributed by atoms with Crippen LogP contribution in [-0.4, -0.2) is 65.2 Å². The second-order valence-corrected chi connectivity index (χ2v) is 21.1. The van der Waals surface area contributed by atoms with E-state index >= 15 is 0 Å². The van der Waals surface area contributed by atoms with Gasteiger partial charge in [-0.05, 0) is 174 Å². The first kappa shape index (κ1) is 46.2. The van der Waals surface area contributed by atoms with Crippen molar-refractivity contribution in [1.82, 2.24) is 9.80 Å². The summed E-state index contributed by atoms with van der Waals surface area (Å²) < 4.78 is 0. The van der Waals surface area contributed by atoms with Gasteiger partial charge in [-0.1, -0.05) is 123 Å². The quantitative estimate of drug-likeness (QED) is 0.165. The first-order valence-electron chi connectivity index (χ1n) is 25.9. The van der Waals surface area contributed by atoms with Crippen LogP contribution < -0.4 is 10.6 Å². The van der Waals surface area contributed by atoms with Gasteiger partial charge in [-0.2, -0.15) is 0 Å². The molecular formula is C58H75ClN4O2. The van der Waals surface area contributed by atoms with E-state index in [1.165, 1.54) is 90.6 Å². The van der Waals surface area contributed by atoms with E-state index in [0.29, 0.717) is 17.5 Å². The normalized spacial score (nSPS) is 24.5. The van der Waals surface area contributed by atoms with Crippen molar-refractivity contribution in [3.8, 4) is 0 Å².